The second kappa shape index (κ2) is 4.87. The molecule has 6 nitrogen and oxygen atoms in total. The minimum absolute atomic E-state index is 0.0260. The number of nitrogens with zero attached hydrogens (tertiary/aromatic N) is 4. The quantitative estimate of drug-likeness (QED) is 0.775. The summed E-state index contributed by atoms with van der Waals surface area (Å²) < 4.78 is 1.87. The van der Waals surface area contributed by atoms with Gasteiger partial charge in [-0.2, -0.15) is 20.5 Å². The van der Waals surface area contributed by atoms with Crippen molar-refractivity contribution in [2.75, 3.05) is 5.32 Å². The molecular weight excluding hydrogens is 264 g/mol. The molecule has 0 fully saturated rings. The zero-order valence-electron chi connectivity index (χ0n) is 12.8. The number of rotatable bonds is 3. The summed E-state index contributed by atoms with van der Waals surface area (Å²) in [7, 11) is 1.96. The molecule has 2 N–H and O–H groups in total. The lowest BCUT2D eigenvalue weighted by atomic mass is 9.89. The molecule has 3 rings (SSSR count). The molecule has 21 heavy (non-hydrogen) atoms. The first-order valence-electron chi connectivity index (χ1n) is 7.01. The Bertz CT molecular complexity index is 762. The van der Waals surface area contributed by atoms with Crippen molar-refractivity contribution >= 4 is 16.7 Å². The van der Waals surface area contributed by atoms with E-state index in [-0.39, 0.29) is 5.41 Å². The van der Waals surface area contributed by atoms with Crippen LogP contribution in [0.2, 0.25) is 0 Å². The van der Waals surface area contributed by atoms with Crippen molar-refractivity contribution in [2.24, 2.45) is 7.05 Å². The van der Waals surface area contributed by atoms with E-state index in [1.54, 1.807) is 0 Å². The van der Waals surface area contributed by atoms with Gasteiger partial charge in [0.1, 0.15) is 11.0 Å². The van der Waals surface area contributed by atoms with E-state index in [1.807, 2.05) is 29.9 Å². The predicted molar refractivity (Wildman–Crippen MR) is 83.1 cm³/mol. The highest BCUT2D eigenvalue weighted by atomic mass is 15.3. The molecule has 0 saturated heterocycles. The Hall–Kier alpha value is -2.37. The lowest BCUT2D eigenvalue weighted by molar-refractivity contribution is 0.549. The highest BCUT2D eigenvalue weighted by molar-refractivity contribution is 5.87. The molecule has 0 unspecified atom stereocenters. The number of aryl methyl sites for hydroxylation is 1. The molecule has 1 aromatic carbocycles. The van der Waals surface area contributed by atoms with Gasteiger partial charge in [-0.15, -0.1) is 0 Å². The average molecular weight is 284 g/mol. The Kier molecular flexibility index (Phi) is 3.16. The summed E-state index contributed by atoms with van der Waals surface area (Å²) in [6, 6.07) is 5.92. The number of aromatic nitrogens is 5. The highest BCUT2D eigenvalue weighted by Gasteiger charge is 2.21. The Morgan fingerprint density at radius 1 is 1.24 bits per heavy atom. The molecule has 110 valence electrons. The smallest absolute Gasteiger partial charge is 0.136 e. The molecule has 0 radical (unpaired) electrons. The standard InChI is InChI=1S/C15H20N6/c1-15(2,3)14-10(9-21(4)19-14)8-16-11-6-5-7-12-13(11)18-20-17-12/h5-7,9,16H,8H2,1-4H3,(H,17,18,20). The van der Waals surface area contributed by atoms with Crippen LogP contribution in [0.5, 0.6) is 0 Å². The van der Waals surface area contributed by atoms with Gasteiger partial charge in [-0.3, -0.25) is 4.68 Å². The first-order valence-corrected chi connectivity index (χ1v) is 7.01. The van der Waals surface area contributed by atoms with Crippen molar-refractivity contribution in [3.63, 3.8) is 0 Å². The first-order chi connectivity index (χ1) is 9.95. The number of aromatic amines is 1. The van der Waals surface area contributed by atoms with E-state index in [4.69, 9.17) is 0 Å². The zero-order chi connectivity index (χ0) is 15.0. The van der Waals surface area contributed by atoms with Crippen LogP contribution in [0.1, 0.15) is 32.0 Å². The average Bonchev–Trinajstić information content (AvgIpc) is 3.01. The van der Waals surface area contributed by atoms with Gasteiger partial charge in [0.25, 0.3) is 0 Å². The third-order valence-corrected chi connectivity index (χ3v) is 3.43. The van der Waals surface area contributed by atoms with Crippen LogP contribution in [0.4, 0.5) is 5.69 Å². The van der Waals surface area contributed by atoms with Gasteiger partial charge >= 0.3 is 0 Å². The second-order valence-electron chi connectivity index (χ2n) is 6.28. The summed E-state index contributed by atoms with van der Waals surface area (Å²) in [5, 5.41) is 19.0. The van der Waals surface area contributed by atoms with Crippen LogP contribution in [0.15, 0.2) is 24.4 Å². The number of fused-ring (bicyclic) bond motifs is 1. The van der Waals surface area contributed by atoms with Crippen molar-refractivity contribution in [1.82, 2.24) is 25.2 Å². The summed E-state index contributed by atoms with van der Waals surface area (Å²) in [4.78, 5) is 0. The van der Waals surface area contributed by atoms with Gasteiger partial charge in [0.2, 0.25) is 0 Å². The molecule has 0 atom stereocenters. The Morgan fingerprint density at radius 2 is 2.05 bits per heavy atom. The first kappa shape index (κ1) is 13.6. The maximum Gasteiger partial charge on any atom is 0.136 e. The third-order valence-electron chi connectivity index (χ3n) is 3.43. The van der Waals surface area contributed by atoms with E-state index in [9.17, 15) is 0 Å². The molecule has 3 aromatic rings. The van der Waals surface area contributed by atoms with Crippen molar-refractivity contribution in [3.05, 3.63) is 35.7 Å². The fourth-order valence-electron chi connectivity index (χ4n) is 2.50. The number of nitrogens with one attached hydrogen (secondary N) is 2. The van der Waals surface area contributed by atoms with Gasteiger partial charge in [-0.25, -0.2) is 0 Å². The van der Waals surface area contributed by atoms with Crippen LogP contribution in [0.25, 0.3) is 11.0 Å². The highest BCUT2D eigenvalue weighted by Crippen LogP contribution is 2.26. The Morgan fingerprint density at radius 3 is 2.81 bits per heavy atom. The molecular formula is C15H20N6. The van der Waals surface area contributed by atoms with Crippen LogP contribution < -0.4 is 5.32 Å². The SMILES string of the molecule is Cn1cc(CNc2cccc3n[nH]nc23)c(C(C)(C)C)n1. The number of H-pyrrole nitrogens is 1. The molecule has 0 saturated carbocycles. The molecule has 2 aromatic heterocycles. The minimum atomic E-state index is 0.0260. The molecule has 0 spiro atoms. The lowest BCUT2D eigenvalue weighted by Gasteiger charge is -2.18. The van der Waals surface area contributed by atoms with Gasteiger partial charge in [0, 0.05) is 30.8 Å². The van der Waals surface area contributed by atoms with Gasteiger partial charge in [-0.05, 0) is 12.1 Å². The summed E-state index contributed by atoms with van der Waals surface area (Å²) >= 11 is 0. The van der Waals surface area contributed by atoms with Crippen LogP contribution in [0.3, 0.4) is 0 Å². The van der Waals surface area contributed by atoms with Gasteiger partial charge < -0.3 is 5.32 Å². The molecule has 0 amide bonds. The molecule has 0 bridgehead atoms. The van der Waals surface area contributed by atoms with E-state index in [0.29, 0.717) is 6.54 Å². The Labute approximate surface area is 123 Å². The predicted octanol–water partition coefficient (Wildman–Crippen LogP) is 2.60. The van der Waals surface area contributed by atoms with Crippen LogP contribution in [-0.2, 0) is 19.0 Å². The molecule has 0 aliphatic carbocycles. The molecule has 0 aliphatic rings. The van der Waals surface area contributed by atoms with Crippen molar-refractivity contribution in [1.29, 1.82) is 0 Å². The van der Waals surface area contributed by atoms with E-state index in [0.717, 1.165) is 22.4 Å². The Balaban J connectivity index is 1.87. The number of hydrogen-bond acceptors (Lipinski definition) is 4. The number of benzene rings is 1. The lowest BCUT2D eigenvalue weighted by Crippen LogP contribution is -2.16. The molecule has 2 heterocycles. The summed E-state index contributed by atoms with van der Waals surface area (Å²) in [5.41, 5.74) is 5.04. The molecule has 6 heteroatoms. The molecule has 0 aliphatic heterocycles. The zero-order valence-corrected chi connectivity index (χ0v) is 12.8. The topological polar surface area (TPSA) is 71.4 Å². The number of hydrogen-bond donors (Lipinski definition) is 2. The van der Waals surface area contributed by atoms with Crippen molar-refractivity contribution in [3.8, 4) is 0 Å². The maximum absolute atomic E-state index is 4.59. The largest absolute Gasteiger partial charge is 0.379 e. The monoisotopic (exact) mass is 284 g/mol. The summed E-state index contributed by atoms with van der Waals surface area (Å²) in [6.07, 6.45) is 2.07. The van der Waals surface area contributed by atoms with Crippen LogP contribution in [-0.4, -0.2) is 25.2 Å². The van der Waals surface area contributed by atoms with E-state index < -0.39 is 0 Å². The van der Waals surface area contributed by atoms with Gasteiger partial charge in [0.15, 0.2) is 0 Å². The van der Waals surface area contributed by atoms with E-state index in [1.165, 1.54) is 5.56 Å². The summed E-state index contributed by atoms with van der Waals surface area (Å²) in [5.74, 6) is 0. The normalized spacial score (nSPS) is 12.0. The summed E-state index contributed by atoms with van der Waals surface area (Å²) in [6.45, 7) is 7.25. The minimum Gasteiger partial charge on any atom is -0.379 e. The fourth-order valence-corrected chi connectivity index (χ4v) is 2.50. The second-order valence-corrected chi connectivity index (χ2v) is 6.28. The van der Waals surface area contributed by atoms with E-state index in [2.05, 4.69) is 52.8 Å². The van der Waals surface area contributed by atoms with Gasteiger partial charge in [0.05, 0.1) is 11.4 Å². The van der Waals surface area contributed by atoms with Gasteiger partial charge in [-0.1, -0.05) is 26.8 Å². The fraction of sp³-hybridized carbons (Fsp3) is 0.400. The third kappa shape index (κ3) is 2.61. The number of para-hydroxylation sites is 1. The maximum atomic E-state index is 4.59. The number of anilines is 1. The van der Waals surface area contributed by atoms with Crippen molar-refractivity contribution in [2.45, 2.75) is 32.7 Å². The van der Waals surface area contributed by atoms with Crippen LogP contribution >= 0.6 is 0 Å². The van der Waals surface area contributed by atoms with Crippen LogP contribution in [0, 0.1) is 0 Å². The van der Waals surface area contributed by atoms with E-state index >= 15 is 0 Å². The van der Waals surface area contributed by atoms with Crippen molar-refractivity contribution < 1.29 is 0 Å².